The number of rotatable bonds is 6. The largest absolute Gasteiger partial charge is 0.396 e. The van der Waals surface area contributed by atoms with Gasteiger partial charge < -0.3 is 5.11 Å². The molecule has 5 nitrogen and oxygen atoms in total. The average Bonchev–Trinajstić information content (AvgIpc) is 3.04. The van der Waals surface area contributed by atoms with Crippen molar-refractivity contribution in [3.63, 3.8) is 0 Å². The second-order valence-corrected chi connectivity index (χ2v) is 7.86. The highest BCUT2D eigenvalue weighted by Gasteiger charge is 2.27. The van der Waals surface area contributed by atoms with Crippen molar-refractivity contribution in [2.24, 2.45) is 5.92 Å². The summed E-state index contributed by atoms with van der Waals surface area (Å²) in [6.07, 6.45) is 2.98. The van der Waals surface area contributed by atoms with Crippen molar-refractivity contribution in [2.45, 2.75) is 39.8 Å². The van der Waals surface area contributed by atoms with E-state index in [1.807, 2.05) is 0 Å². The molecule has 1 aliphatic heterocycles. The standard InChI is InChI=1S/C17H28N4OS/c1-13(2)10-20-6-5-19(11-15(20)4-8-22)12-16-14(3)18-17-21(16)7-9-23-17/h7,9,13,15,22H,4-6,8,10-12H2,1-3H3/t15-/m0/s1. The van der Waals surface area contributed by atoms with E-state index in [0.717, 1.165) is 49.8 Å². The third-order valence-corrected chi connectivity index (χ3v) is 5.44. The zero-order valence-electron chi connectivity index (χ0n) is 14.4. The number of aryl methyl sites for hydroxylation is 1. The lowest BCUT2D eigenvalue weighted by molar-refractivity contribution is 0.0469. The van der Waals surface area contributed by atoms with Crippen LogP contribution in [0.4, 0.5) is 0 Å². The number of hydrogen-bond acceptors (Lipinski definition) is 5. The summed E-state index contributed by atoms with van der Waals surface area (Å²) < 4.78 is 2.22. The summed E-state index contributed by atoms with van der Waals surface area (Å²) in [5, 5.41) is 11.5. The molecule has 0 unspecified atom stereocenters. The first-order valence-corrected chi connectivity index (χ1v) is 9.44. The Balaban J connectivity index is 1.69. The quantitative estimate of drug-likeness (QED) is 0.878. The Kier molecular flexibility index (Phi) is 5.36. The van der Waals surface area contributed by atoms with Gasteiger partial charge in [0.15, 0.2) is 4.96 Å². The third-order valence-electron chi connectivity index (χ3n) is 4.69. The number of hydrogen-bond donors (Lipinski definition) is 1. The van der Waals surface area contributed by atoms with Crippen LogP contribution in [0.25, 0.3) is 4.96 Å². The van der Waals surface area contributed by atoms with E-state index in [1.54, 1.807) is 11.3 Å². The summed E-state index contributed by atoms with van der Waals surface area (Å²) in [4.78, 5) is 10.8. The normalized spacial score (nSPS) is 20.8. The van der Waals surface area contributed by atoms with Crippen LogP contribution in [0.15, 0.2) is 11.6 Å². The van der Waals surface area contributed by atoms with Crippen molar-refractivity contribution in [1.82, 2.24) is 19.2 Å². The molecule has 0 radical (unpaired) electrons. The monoisotopic (exact) mass is 336 g/mol. The first-order valence-electron chi connectivity index (χ1n) is 8.56. The predicted octanol–water partition coefficient (Wildman–Crippen LogP) is 2.23. The molecule has 0 aromatic carbocycles. The van der Waals surface area contributed by atoms with E-state index < -0.39 is 0 Å². The fourth-order valence-corrected chi connectivity index (χ4v) is 4.35. The van der Waals surface area contributed by atoms with Gasteiger partial charge >= 0.3 is 0 Å². The predicted molar refractivity (Wildman–Crippen MR) is 95.0 cm³/mol. The number of piperazine rings is 1. The van der Waals surface area contributed by atoms with Crippen LogP contribution in [-0.2, 0) is 6.54 Å². The van der Waals surface area contributed by atoms with Crippen LogP contribution in [0.5, 0.6) is 0 Å². The van der Waals surface area contributed by atoms with E-state index in [1.165, 1.54) is 5.69 Å². The van der Waals surface area contributed by atoms with Gasteiger partial charge in [0, 0.05) is 56.9 Å². The maximum Gasteiger partial charge on any atom is 0.194 e. The summed E-state index contributed by atoms with van der Waals surface area (Å²) in [7, 11) is 0. The highest BCUT2D eigenvalue weighted by atomic mass is 32.1. The smallest absolute Gasteiger partial charge is 0.194 e. The lowest BCUT2D eigenvalue weighted by Gasteiger charge is -2.42. The average molecular weight is 337 g/mol. The molecule has 6 heteroatoms. The number of nitrogens with zero attached hydrogens (tertiary/aromatic N) is 4. The zero-order chi connectivity index (χ0) is 16.4. The number of aliphatic hydroxyl groups excluding tert-OH is 1. The topological polar surface area (TPSA) is 44.0 Å². The fraction of sp³-hybridized carbons (Fsp3) is 0.706. The molecule has 1 aliphatic rings. The van der Waals surface area contributed by atoms with Gasteiger partial charge in [-0.15, -0.1) is 11.3 Å². The second-order valence-electron chi connectivity index (χ2n) is 6.99. The molecule has 128 valence electrons. The Bertz CT molecular complexity index is 636. The Hall–Kier alpha value is -0.950. The SMILES string of the molecule is Cc1nc2sccn2c1CN1CCN(CC(C)C)[C@@H](CCO)C1. The molecular weight excluding hydrogens is 308 g/mol. The summed E-state index contributed by atoms with van der Waals surface area (Å²) in [6.45, 7) is 12.2. The summed E-state index contributed by atoms with van der Waals surface area (Å²) >= 11 is 1.69. The van der Waals surface area contributed by atoms with Crippen LogP contribution >= 0.6 is 11.3 Å². The van der Waals surface area contributed by atoms with Gasteiger partial charge in [0.05, 0.1) is 11.4 Å². The first kappa shape index (κ1) is 16.9. The number of aliphatic hydroxyl groups is 1. The number of thiazole rings is 1. The van der Waals surface area contributed by atoms with E-state index in [0.29, 0.717) is 12.0 Å². The van der Waals surface area contributed by atoms with Crippen LogP contribution in [-0.4, -0.2) is 63.1 Å². The minimum absolute atomic E-state index is 0.271. The lowest BCUT2D eigenvalue weighted by atomic mass is 10.1. The molecule has 3 rings (SSSR count). The van der Waals surface area contributed by atoms with Gasteiger partial charge in [0.25, 0.3) is 0 Å². The molecule has 0 spiro atoms. The van der Waals surface area contributed by atoms with Crippen LogP contribution in [0.2, 0.25) is 0 Å². The molecule has 0 amide bonds. The second kappa shape index (κ2) is 7.30. The van der Waals surface area contributed by atoms with Crippen molar-refractivity contribution in [2.75, 3.05) is 32.8 Å². The Morgan fingerprint density at radius 1 is 1.39 bits per heavy atom. The molecule has 1 atom stereocenters. The van der Waals surface area contributed by atoms with Gasteiger partial charge in [0.2, 0.25) is 0 Å². The van der Waals surface area contributed by atoms with E-state index >= 15 is 0 Å². The highest BCUT2D eigenvalue weighted by molar-refractivity contribution is 7.15. The van der Waals surface area contributed by atoms with E-state index in [-0.39, 0.29) is 6.61 Å². The Morgan fingerprint density at radius 2 is 2.22 bits per heavy atom. The van der Waals surface area contributed by atoms with Crippen LogP contribution in [0, 0.1) is 12.8 Å². The Morgan fingerprint density at radius 3 is 2.96 bits per heavy atom. The molecule has 0 aliphatic carbocycles. The molecule has 0 bridgehead atoms. The number of fused-ring (bicyclic) bond motifs is 1. The zero-order valence-corrected chi connectivity index (χ0v) is 15.2. The molecule has 2 aromatic heterocycles. The van der Waals surface area contributed by atoms with E-state index in [2.05, 4.69) is 51.5 Å². The van der Waals surface area contributed by atoms with Crippen LogP contribution < -0.4 is 0 Å². The van der Waals surface area contributed by atoms with Crippen molar-refractivity contribution < 1.29 is 5.11 Å². The Labute approximate surface area is 142 Å². The maximum atomic E-state index is 9.41. The van der Waals surface area contributed by atoms with Crippen molar-refractivity contribution in [1.29, 1.82) is 0 Å². The molecule has 0 saturated carbocycles. The highest BCUT2D eigenvalue weighted by Crippen LogP contribution is 2.21. The van der Waals surface area contributed by atoms with Crippen molar-refractivity contribution in [3.8, 4) is 0 Å². The summed E-state index contributed by atoms with van der Waals surface area (Å²) in [5.41, 5.74) is 2.45. The van der Waals surface area contributed by atoms with E-state index in [4.69, 9.17) is 0 Å². The molecule has 23 heavy (non-hydrogen) atoms. The lowest BCUT2D eigenvalue weighted by Crippen LogP contribution is -2.54. The molecule has 1 saturated heterocycles. The van der Waals surface area contributed by atoms with Gasteiger partial charge in [-0.05, 0) is 19.3 Å². The molecule has 1 fully saturated rings. The summed E-state index contributed by atoms with van der Waals surface area (Å²) in [6, 6.07) is 0.461. The number of aromatic nitrogens is 2. The molecule has 3 heterocycles. The maximum absolute atomic E-state index is 9.41. The third kappa shape index (κ3) is 3.76. The van der Waals surface area contributed by atoms with Gasteiger partial charge in [0.1, 0.15) is 0 Å². The molecule has 1 N–H and O–H groups in total. The van der Waals surface area contributed by atoms with Gasteiger partial charge in [-0.3, -0.25) is 14.2 Å². The van der Waals surface area contributed by atoms with Gasteiger partial charge in [-0.2, -0.15) is 0 Å². The number of imidazole rings is 1. The molecular formula is C17H28N4OS. The van der Waals surface area contributed by atoms with Crippen molar-refractivity contribution in [3.05, 3.63) is 23.0 Å². The summed E-state index contributed by atoms with van der Waals surface area (Å²) in [5.74, 6) is 0.672. The fourth-order valence-electron chi connectivity index (χ4n) is 3.58. The van der Waals surface area contributed by atoms with Gasteiger partial charge in [-0.25, -0.2) is 4.98 Å². The van der Waals surface area contributed by atoms with Crippen LogP contribution in [0.3, 0.4) is 0 Å². The van der Waals surface area contributed by atoms with Crippen molar-refractivity contribution >= 4 is 16.3 Å². The first-order chi connectivity index (χ1) is 11.1. The van der Waals surface area contributed by atoms with Gasteiger partial charge in [-0.1, -0.05) is 13.8 Å². The van der Waals surface area contributed by atoms with E-state index in [9.17, 15) is 5.11 Å². The molecule has 2 aromatic rings. The van der Waals surface area contributed by atoms with Crippen LogP contribution in [0.1, 0.15) is 31.7 Å². The minimum Gasteiger partial charge on any atom is -0.396 e. The minimum atomic E-state index is 0.271.